The first-order valence-electron chi connectivity index (χ1n) is 7.95. The Morgan fingerprint density at radius 2 is 2.17 bits per heavy atom. The molecule has 0 saturated carbocycles. The number of amides is 1. The Morgan fingerprint density at radius 1 is 1.43 bits per heavy atom. The van der Waals surface area contributed by atoms with Crippen LogP contribution in [0, 0.1) is 5.82 Å². The number of rotatable bonds is 3. The molecule has 1 atom stereocenters. The zero-order valence-corrected chi connectivity index (χ0v) is 15.5. The summed E-state index contributed by atoms with van der Waals surface area (Å²) in [5, 5.41) is 3.13. The number of hydrogen-bond donors (Lipinski definition) is 1. The number of carbonyl (C=O) groups excluding carboxylic acids is 1. The topological polar surface area (TPSA) is 41.6 Å². The molecule has 1 unspecified atom stereocenters. The number of carbonyl (C=O) groups is 1. The first-order chi connectivity index (χ1) is 10.8. The van der Waals surface area contributed by atoms with Gasteiger partial charge in [-0.3, -0.25) is 0 Å². The fourth-order valence-electron chi connectivity index (χ4n) is 2.66. The van der Waals surface area contributed by atoms with Crippen molar-refractivity contribution in [2.24, 2.45) is 0 Å². The van der Waals surface area contributed by atoms with Crippen molar-refractivity contribution in [3.8, 4) is 0 Å². The van der Waals surface area contributed by atoms with Gasteiger partial charge in [-0.05, 0) is 68.1 Å². The predicted octanol–water partition coefficient (Wildman–Crippen LogP) is 4.79. The molecule has 1 aliphatic heterocycles. The highest BCUT2D eigenvalue weighted by Crippen LogP contribution is 2.26. The van der Waals surface area contributed by atoms with E-state index in [1.807, 2.05) is 20.8 Å². The van der Waals surface area contributed by atoms with Gasteiger partial charge in [0.15, 0.2) is 0 Å². The second-order valence-electron chi connectivity index (χ2n) is 6.80. The zero-order chi connectivity index (χ0) is 17.0. The summed E-state index contributed by atoms with van der Waals surface area (Å²) in [6.07, 6.45) is 2.62. The Kier molecular flexibility index (Phi) is 5.89. The Balaban J connectivity index is 2.03. The Bertz CT molecular complexity index is 540. The van der Waals surface area contributed by atoms with Gasteiger partial charge in [-0.1, -0.05) is 6.07 Å². The molecule has 23 heavy (non-hydrogen) atoms. The molecule has 6 heteroatoms. The van der Waals surface area contributed by atoms with Gasteiger partial charge in [0, 0.05) is 17.6 Å². The SMILES string of the molecule is CC(C)(C)OC(=O)N1CCCCC1CNc1c(F)cccc1Br. The molecule has 1 saturated heterocycles. The molecule has 1 heterocycles. The highest BCUT2D eigenvalue weighted by atomic mass is 79.9. The van der Waals surface area contributed by atoms with Crippen LogP contribution >= 0.6 is 15.9 Å². The third kappa shape index (κ3) is 5.09. The van der Waals surface area contributed by atoms with Crippen LogP contribution in [0.5, 0.6) is 0 Å². The van der Waals surface area contributed by atoms with Crippen LogP contribution in [0.25, 0.3) is 0 Å². The summed E-state index contributed by atoms with van der Waals surface area (Å²) in [5.41, 5.74) is -0.0802. The van der Waals surface area contributed by atoms with Crippen LogP contribution in [0.2, 0.25) is 0 Å². The lowest BCUT2D eigenvalue weighted by Crippen LogP contribution is -2.49. The molecule has 1 aromatic rings. The number of nitrogens with one attached hydrogen (secondary N) is 1. The van der Waals surface area contributed by atoms with E-state index < -0.39 is 5.60 Å². The van der Waals surface area contributed by atoms with E-state index in [0.717, 1.165) is 19.3 Å². The summed E-state index contributed by atoms with van der Waals surface area (Å²) < 4.78 is 20.0. The van der Waals surface area contributed by atoms with E-state index in [-0.39, 0.29) is 18.0 Å². The van der Waals surface area contributed by atoms with Gasteiger partial charge in [0.05, 0.1) is 11.7 Å². The van der Waals surface area contributed by atoms with E-state index in [0.29, 0.717) is 23.2 Å². The molecule has 0 bridgehead atoms. The number of likely N-dealkylation sites (tertiary alicyclic amines) is 1. The van der Waals surface area contributed by atoms with Gasteiger partial charge in [0.25, 0.3) is 0 Å². The van der Waals surface area contributed by atoms with Gasteiger partial charge in [-0.15, -0.1) is 0 Å². The lowest BCUT2D eigenvalue weighted by Gasteiger charge is -2.37. The summed E-state index contributed by atoms with van der Waals surface area (Å²) in [4.78, 5) is 14.1. The molecule has 2 rings (SSSR count). The maximum atomic E-state index is 13.9. The van der Waals surface area contributed by atoms with Crippen LogP contribution in [0.1, 0.15) is 40.0 Å². The van der Waals surface area contributed by atoms with E-state index in [4.69, 9.17) is 4.74 Å². The molecule has 1 aliphatic rings. The average molecular weight is 387 g/mol. The molecule has 1 amide bonds. The number of para-hydroxylation sites is 1. The van der Waals surface area contributed by atoms with Crippen LogP contribution in [-0.4, -0.2) is 35.7 Å². The summed E-state index contributed by atoms with van der Waals surface area (Å²) in [6, 6.07) is 4.86. The lowest BCUT2D eigenvalue weighted by molar-refractivity contribution is 0.0114. The number of ether oxygens (including phenoxy) is 1. The van der Waals surface area contributed by atoms with Crippen LogP contribution in [0.3, 0.4) is 0 Å². The van der Waals surface area contributed by atoms with Crippen molar-refractivity contribution >= 4 is 27.7 Å². The van der Waals surface area contributed by atoms with Crippen molar-refractivity contribution in [3.05, 3.63) is 28.5 Å². The third-order valence-electron chi connectivity index (χ3n) is 3.73. The van der Waals surface area contributed by atoms with E-state index in [2.05, 4.69) is 21.2 Å². The Morgan fingerprint density at radius 3 is 2.83 bits per heavy atom. The maximum Gasteiger partial charge on any atom is 0.410 e. The first kappa shape index (κ1) is 18.0. The lowest BCUT2D eigenvalue weighted by atomic mass is 10.0. The second kappa shape index (κ2) is 7.51. The monoisotopic (exact) mass is 386 g/mol. The van der Waals surface area contributed by atoms with Crippen molar-refractivity contribution in [1.82, 2.24) is 4.90 Å². The summed E-state index contributed by atoms with van der Waals surface area (Å²) in [7, 11) is 0. The Hall–Kier alpha value is -1.30. The number of anilines is 1. The normalized spacial score (nSPS) is 18.7. The molecule has 0 spiro atoms. The molecular weight excluding hydrogens is 363 g/mol. The largest absolute Gasteiger partial charge is 0.444 e. The second-order valence-corrected chi connectivity index (χ2v) is 7.66. The van der Waals surface area contributed by atoms with Crippen molar-refractivity contribution in [3.63, 3.8) is 0 Å². The highest BCUT2D eigenvalue weighted by Gasteiger charge is 2.30. The van der Waals surface area contributed by atoms with Crippen molar-refractivity contribution in [1.29, 1.82) is 0 Å². The van der Waals surface area contributed by atoms with Gasteiger partial charge in [0.2, 0.25) is 0 Å². The maximum absolute atomic E-state index is 13.9. The van der Waals surface area contributed by atoms with Crippen LogP contribution in [0.4, 0.5) is 14.9 Å². The zero-order valence-electron chi connectivity index (χ0n) is 13.9. The number of nitrogens with zero attached hydrogens (tertiary/aromatic N) is 1. The number of halogens is 2. The average Bonchev–Trinajstić information content (AvgIpc) is 2.45. The van der Waals surface area contributed by atoms with Crippen molar-refractivity contribution < 1.29 is 13.9 Å². The summed E-state index contributed by atoms with van der Waals surface area (Å²) in [5.74, 6) is -0.306. The molecule has 0 aliphatic carbocycles. The number of piperidine rings is 1. The summed E-state index contributed by atoms with van der Waals surface area (Å²) >= 11 is 3.35. The van der Waals surface area contributed by atoms with E-state index in [1.165, 1.54) is 6.07 Å². The van der Waals surface area contributed by atoms with Gasteiger partial charge >= 0.3 is 6.09 Å². The third-order valence-corrected chi connectivity index (χ3v) is 4.39. The number of benzene rings is 1. The molecule has 1 N–H and O–H groups in total. The van der Waals surface area contributed by atoms with Gasteiger partial charge < -0.3 is 15.0 Å². The van der Waals surface area contributed by atoms with Gasteiger partial charge in [-0.25, -0.2) is 9.18 Å². The molecule has 1 aromatic carbocycles. The van der Waals surface area contributed by atoms with E-state index in [1.54, 1.807) is 17.0 Å². The fraction of sp³-hybridized carbons (Fsp3) is 0.588. The smallest absolute Gasteiger partial charge is 0.410 e. The standard InChI is InChI=1S/C17H24BrFN2O2/c1-17(2,3)23-16(22)21-10-5-4-7-12(21)11-20-15-13(18)8-6-9-14(15)19/h6,8-9,12,20H,4-5,7,10-11H2,1-3H3. The Labute approximate surface area is 145 Å². The molecule has 128 valence electrons. The summed E-state index contributed by atoms with van der Waals surface area (Å²) in [6.45, 7) is 6.76. The highest BCUT2D eigenvalue weighted by molar-refractivity contribution is 9.10. The van der Waals surface area contributed by atoms with Crippen molar-refractivity contribution in [2.45, 2.75) is 51.7 Å². The van der Waals surface area contributed by atoms with E-state index >= 15 is 0 Å². The first-order valence-corrected chi connectivity index (χ1v) is 8.75. The van der Waals surface area contributed by atoms with Crippen LogP contribution in [-0.2, 0) is 4.74 Å². The van der Waals surface area contributed by atoms with Gasteiger partial charge in [0.1, 0.15) is 11.4 Å². The fourth-order valence-corrected chi connectivity index (χ4v) is 3.14. The van der Waals surface area contributed by atoms with Gasteiger partial charge in [-0.2, -0.15) is 0 Å². The van der Waals surface area contributed by atoms with Crippen LogP contribution < -0.4 is 5.32 Å². The quantitative estimate of drug-likeness (QED) is 0.811. The minimum Gasteiger partial charge on any atom is -0.444 e. The predicted molar refractivity (Wildman–Crippen MR) is 93.2 cm³/mol. The molecule has 0 radical (unpaired) electrons. The minimum absolute atomic E-state index is 0.00473. The van der Waals surface area contributed by atoms with E-state index in [9.17, 15) is 9.18 Å². The molecule has 0 aromatic heterocycles. The molecular formula is C17H24BrFN2O2. The van der Waals surface area contributed by atoms with Crippen LogP contribution in [0.15, 0.2) is 22.7 Å². The molecule has 1 fully saturated rings. The molecule has 4 nitrogen and oxygen atoms in total. The van der Waals surface area contributed by atoms with Crippen molar-refractivity contribution in [2.75, 3.05) is 18.4 Å². The minimum atomic E-state index is -0.513. The number of hydrogen-bond acceptors (Lipinski definition) is 3.